The van der Waals surface area contributed by atoms with Crippen LogP contribution in [-0.4, -0.2) is 147 Å². The van der Waals surface area contributed by atoms with Gasteiger partial charge in [-0.05, 0) is 94.0 Å². The number of anilines is 3. The van der Waals surface area contributed by atoms with E-state index in [0.717, 1.165) is 53.1 Å². The normalized spacial score (nSPS) is 19.2. The number of likely N-dealkylation sites (tertiary alicyclic amines) is 1. The largest absolute Gasteiger partial charge is 0.417 e. The van der Waals surface area contributed by atoms with Crippen LogP contribution in [0.3, 0.4) is 0 Å². The van der Waals surface area contributed by atoms with E-state index in [2.05, 4.69) is 30.5 Å². The van der Waals surface area contributed by atoms with Crippen LogP contribution in [0.1, 0.15) is 120 Å². The Morgan fingerprint density at radius 3 is 2.06 bits per heavy atom. The summed E-state index contributed by atoms with van der Waals surface area (Å²) in [5.74, 6) is -3.36. The van der Waals surface area contributed by atoms with Crippen LogP contribution >= 0.6 is 11.3 Å². The number of halogens is 5. The number of amides is 4. The third-order valence-corrected chi connectivity index (χ3v) is 17.2. The van der Waals surface area contributed by atoms with Gasteiger partial charge in [0.05, 0.1) is 50.7 Å². The zero-order valence-electron chi connectivity index (χ0n) is 48.2. The number of ketones is 1. The molecular weight excluding hydrogens is 1100 g/mol. The Morgan fingerprint density at radius 1 is 0.783 bits per heavy atom. The van der Waals surface area contributed by atoms with Crippen LogP contribution in [0.2, 0.25) is 0 Å². The lowest BCUT2D eigenvalue weighted by molar-refractivity contribution is -0.143. The number of Topliss-reactive ketones (excluding diaryl/α,β-unsaturated/α-hetero) is 1. The second kappa shape index (κ2) is 26.8. The number of hydrogen-bond donors (Lipinski definition) is 3. The van der Waals surface area contributed by atoms with Crippen molar-refractivity contribution in [3.63, 3.8) is 0 Å². The summed E-state index contributed by atoms with van der Waals surface area (Å²) in [5, 5.41) is 16.2. The second-order valence-electron chi connectivity index (χ2n) is 23.4. The summed E-state index contributed by atoms with van der Waals surface area (Å²) in [5.41, 5.74) is 2.50. The molecular formula is C61H75F5N10O6S. The molecule has 0 saturated carbocycles. The van der Waals surface area contributed by atoms with Crippen molar-refractivity contribution in [2.24, 2.45) is 5.41 Å². The highest BCUT2D eigenvalue weighted by Gasteiger charge is 2.44. The topological polar surface area (TPSA) is 185 Å². The summed E-state index contributed by atoms with van der Waals surface area (Å²) in [7, 11) is 1.96. The van der Waals surface area contributed by atoms with Gasteiger partial charge in [0.25, 0.3) is 5.91 Å². The van der Waals surface area contributed by atoms with Gasteiger partial charge in [0.1, 0.15) is 17.7 Å². The number of hydrogen-bond acceptors (Lipinski definition) is 13. The maximum absolute atomic E-state index is 16.2. The molecule has 5 aromatic rings. The minimum atomic E-state index is -5.02. The number of carbonyl (C=O) groups excluding carboxylic acids is 5. The molecule has 3 aliphatic heterocycles. The number of aliphatic hydroxyl groups is 1. The average Bonchev–Trinajstić information content (AvgIpc) is 4.22. The second-order valence-corrected chi connectivity index (χ2v) is 24.2. The van der Waals surface area contributed by atoms with E-state index in [9.17, 15) is 46.6 Å². The summed E-state index contributed by atoms with van der Waals surface area (Å²) >= 11 is 1.58. The number of unbranched alkanes of at least 4 members (excludes halogenated alkanes) is 4. The molecule has 8 rings (SSSR count). The number of aromatic nitrogens is 3. The zero-order valence-corrected chi connectivity index (χ0v) is 49.0. The Hall–Kier alpha value is -6.91. The number of rotatable bonds is 20. The Morgan fingerprint density at radius 2 is 1.43 bits per heavy atom. The molecule has 0 bridgehead atoms. The molecule has 3 aliphatic rings. The van der Waals surface area contributed by atoms with Crippen LogP contribution < -0.4 is 20.4 Å². The fraction of sp³-hybridized carbons (Fsp3) is 0.508. The minimum absolute atomic E-state index is 0.00216. The molecule has 3 N–H and O–H groups in total. The number of alkyl halides is 3. The SMILES string of the molecule is Cc1ncsc1-c1ccc(CCC(=O)[C@@H]2C[C@@H](O)CN2C(=O)[C@@H](NC(=O)CCCCCCCC(=O)N2CCN(c3ncc(-c4cc(NC(=O)c5ccc(F)cc5C(F)(F)F)c(N5C[C@@H](C)N(C)[C@@H](C)C5)cc4F)cn3)CC2)C(C)(C)C)cc1. The fourth-order valence-electron chi connectivity index (χ4n) is 11.2. The van der Waals surface area contributed by atoms with Crippen molar-refractivity contribution in [2.75, 3.05) is 68.0 Å². The Labute approximate surface area is 485 Å². The summed E-state index contributed by atoms with van der Waals surface area (Å²) in [4.78, 5) is 91.5. The first kappa shape index (κ1) is 62.1. The van der Waals surface area contributed by atoms with Crippen molar-refractivity contribution in [2.45, 2.75) is 142 Å². The molecule has 16 nitrogen and oxygen atoms in total. The van der Waals surface area contributed by atoms with E-state index in [-0.39, 0.29) is 90.0 Å². The van der Waals surface area contributed by atoms with E-state index in [0.29, 0.717) is 70.9 Å². The lowest BCUT2D eigenvalue weighted by atomic mass is 9.85. The number of nitrogens with zero attached hydrogens (tertiary/aromatic N) is 8. The Bertz CT molecular complexity index is 3100. The van der Waals surface area contributed by atoms with Gasteiger partial charge in [-0.25, -0.2) is 23.7 Å². The van der Waals surface area contributed by atoms with Gasteiger partial charge in [-0.2, -0.15) is 13.2 Å². The summed E-state index contributed by atoms with van der Waals surface area (Å²) < 4.78 is 72.1. The molecule has 0 aliphatic carbocycles. The van der Waals surface area contributed by atoms with Crippen molar-refractivity contribution >= 4 is 58.1 Å². The van der Waals surface area contributed by atoms with Crippen LogP contribution in [0.15, 0.2) is 72.5 Å². The monoisotopic (exact) mass is 1170 g/mol. The van der Waals surface area contributed by atoms with Crippen LogP contribution in [0.25, 0.3) is 21.6 Å². The highest BCUT2D eigenvalue weighted by molar-refractivity contribution is 7.13. The van der Waals surface area contributed by atoms with Crippen molar-refractivity contribution in [3.8, 4) is 21.6 Å². The fourth-order valence-corrected chi connectivity index (χ4v) is 12.0. The quantitative estimate of drug-likeness (QED) is 0.0496. The lowest BCUT2D eigenvalue weighted by Crippen LogP contribution is -2.56. The molecule has 3 fully saturated rings. The van der Waals surface area contributed by atoms with E-state index in [1.54, 1.807) is 16.2 Å². The number of aryl methyl sites for hydroxylation is 2. The Kier molecular flexibility index (Phi) is 20.0. The van der Waals surface area contributed by atoms with Crippen molar-refractivity contribution < 1.29 is 51.0 Å². The predicted molar refractivity (Wildman–Crippen MR) is 310 cm³/mol. The van der Waals surface area contributed by atoms with Crippen molar-refractivity contribution in [3.05, 3.63) is 107 Å². The number of thiazole rings is 1. The highest BCUT2D eigenvalue weighted by Crippen LogP contribution is 2.38. The van der Waals surface area contributed by atoms with Gasteiger partial charge in [-0.1, -0.05) is 64.3 Å². The van der Waals surface area contributed by atoms with E-state index >= 15 is 4.39 Å². The average molecular weight is 1170 g/mol. The van der Waals surface area contributed by atoms with Crippen molar-refractivity contribution in [1.82, 2.24) is 35.0 Å². The number of nitrogens with one attached hydrogen (secondary N) is 2. The van der Waals surface area contributed by atoms with Gasteiger partial charge >= 0.3 is 6.18 Å². The molecule has 3 aromatic carbocycles. The molecule has 3 saturated heterocycles. The first-order valence-electron chi connectivity index (χ1n) is 28.5. The summed E-state index contributed by atoms with van der Waals surface area (Å²) in [6, 6.07) is 10.8. The van der Waals surface area contributed by atoms with E-state index in [1.807, 2.05) is 88.2 Å². The number of benzene rings is 3. The first-order valence-corrected chi connectivity index (χ1v) is 29.4. The van der Waals surface area contributed by atoms with Crippen LogP contribution in [-0.2, 0) is 31.8 Å². The van der Waals surface area contributed by atoms with E-state index in [4.69, 9.17) is 0 Å². The smallest absolute Gasteiger partial charge is 0.391 e. The first-order chi connectivity index (χ1) is 39.4. The Balaban J connectivity index is 0.773. The maximum Gasteiger partial charge on any atom is 0.417 e. The lowest BCUT2D eigenvalue weighted by Gasteiger charge is -2.44. The maximum atomic E-state index is 16.2. The molecule has 0 unspecified atom stereocenters. The van der Waals surface area contributed by atoms with Gasteiger partial charge in [-0.3, -0.25) is 28.9 Å². The molecule has 0 spiro atoms. The van der Waals surface area contributed by atoms with Crippen LogP contribution in [0.4, 0.5) is 39.3 Å². The van der Waals surface area contributed by atoms with Gasteiger partial charge in [0, 0.05) is 107 Å². The molecule has 5 atom stereocenters. The zero-order chi connectivity index (χ0) is 59.9. The molecule has 5 heterocycles. The van der Waals surface area contributed by atoms with Crippen molar-refractivity contribution in [1.29, 1.82) is 0 Å². The third kappa shape index (κ3) is 15.5. The molecule has 0 radical (unpaired) electrons. The number of aliphatic hydroxyl groups excluding tert-OH is 1. The molecule has 22 heteroatoms. The molecule has 83 heavy (non-hydrogen) atoms. The minimum Gasteiger partial charge on any atom is -0.391 e. The van der Waals surface area contributed by atoms with Crippen LogP contribution in [0.5, 0.6) is 0 Å². The number of likely N-dealkylation sites (N-methyl/N-ethyl adjacent to an activating group) is 1. The molecule has 446 valence electrons. The third-order valence-electron chi connectivity index (χ3n) is 16.2. The molecule has 4 amide bonds. The van der Waals surface area contributed by atoms with Gasteiger partial charge < -0.3 is 35.3 Å². The summed E-state index contributed by atoms with van der Waals surface area (Å²) in [6.07, 6.45) is 2.04. The predicted octanol–water partition coefficient (Wildman–Crippen LogP) is 9.73. The van der Waals surface area contributed by atoms with Gasteiger partial charge in [0.15, 0.2) is 5.78 Å². The highest BCUT2D eigenvalue weighted by atomic mass is 32.1. The van der Waals surface area contributed by atoms with E-state index in [1.165, 1.54) is 29.4 Å². The van der Waals surface area contributed by atoms with Gasteiger partial charge in [-0.15, -0.1) is 11.3 Å². The number of carbonyl (C=O) groups is 5. The number of β-amino-alcohol motifs (C(OH)–C–C–N with tert-alkyl or cyclic N) is 1. The summed E-state index contributed by atoms with van der Waals surface area (Å²) in [6.45, 7) is 14.2. The van der Waals surface area contributed by atoms with Crippen LogP contribution in [0, 0.1) is 24.0 Å². The molecule has 2 aromatic heterocycles. The standard InChI is InChI=1S/C61H75F5N10O6S/c1-37-33-75(34-38(2)72(37)7)50-30-48(63)46(29-49(50)70-57(81)45-21-20-43(62)27-47(45)61(64,65)66)42-31-67-59(68-32-42)74-25-23-73(24-26-74)54(80)14-12-10-8-9-11-13-53(79)71-56(60(4,5)6)58(82)76-35-44(77)28-51(76)52(78)22-17-40-15-18-41(19-16-40)55-39(3)69-36-83-55/h15-16,18-21,27,29-32,36-38,44,51,56,77H,8-14,17,22-26,28,33-35H2,1-7H3,(H,70,81)(H,71,79)/t37-,38+,44-,51+,56-/m1/s1. The van der Waals surface area contributed by atoms with Gasteiger partial charge in [0.2, 0.25) is 23.7 Å². The number of piperazine rings is 2. The van der Waals surface area contributed by atoms with E-state index < -0.39 is 58.4 Å².